The Morgan fingerprint density at radius 1 is 1.60 bits per heavy atom. The Bertz CT molecular complexity index is 240. The van der Waals surface area contributed by atoms with Crippen molar-refractivity contribution in [3.63, 3.8) is 0 Å². The highest BCUT2D eigenvalue weighted by atomic mass is 16.3. The lowest BCUT2D eigenvalue weighted by Crippen LogP contribution is -2.17. The number of carbonyl (C=O) groups excluding carboxylic acids is 1. The van der Waals surface area contributed by atoms with E-state index in [1.807, 2.05) is 6.92 Å². The van der Waals surface area contributed by atoms with Crippen molar-refractivity contribution in [2.45, 2.75) is 6.92 Å². The second-order valence-corrected chi connectivity index (χ2v) is 2.05. The van der Waals surface area contributed by atoms with Crippen molar-refractivity contribution >= 4 is 5.91 Å². The van der Waals surface area contributed by atoms with Crippen molar-refractivity contribution in [1.82, 2.24) is 5.32 Å². The molecule has 0 saturated heterocycles. The molecule has 1 rings (SSSR count). The lowest BCUT2D eigenvalue weighted by molar-refractivity contribution is 0.0962. The van der Waals surface area contributed by atoms with Gasteiger partial charge < -0.3 is 9.73 Å². The zero-order valence-corrected chi connectivity index (χ0v) is 5.97. The third-order valence-corrected chi connectivity index (χ3v) is 1.33. The zero-order chi connectivity index (χ0) is 7.56. The normalized spacial score (nSPS) is 9.40. The van der Waals surface area contributed by atoms with Crippen LogP contribution in [0.2, 0.25) is 0 Å². The van der Waals surface area contributed by atoms with Gasteiger partial charge in [0.05, 0.1) is 11.8 Å². The third kappa shape index (κ3) is 1.03. The summed E-state index contributed by atoms with van der Waals surface area (Å²) in [6.07, 6.45) is 2.98. The van der Waals surface area contributed by atoms with E-state index in [0.717, 1.165) is 5.56 Å². The first-order chi connectivity index (χ1) is 4.75. The lowest BCUT2D eigenvalue weighted by Gasteiger charge is -1.93. The van der Waals surface area contributed by atoms with Crippen molar-refractivity contribution in [3.05, 3.63) is 23.7 Å². The van der Waals surface area contributed by atoms with E-state index < -0.39 is 0 Å². The average molecular weight is 139 g/mol. The molecule has 0 bridgehead atoms. The SMILES string of the molecule is CNC(=O)c1cocc1C. The molecule has 0 radical (unpaired) electrons. The van der Waals surface area contributed by atoms with Gasteiger partial charge in [0.15, 0.2) is 0 Å². The van der Waals surface area contributed by atoms with Crippen LogP contribution in [0.5, 0.6) is 0 Å². The van der Waals surface area contributed by atoms with Gasteiger partial charge >= 0.3 is 0 Å². The molecular weight excluding hydrogens is 130 g/mol. The van der Waals surface area contributed by atoms with Crippen molar-refractivity contribution < 1.29 is 9.21 Å². The van der Waals surface area contributed by atoms with Crippen molar-refractivity contribution in [3.8, 4) is 0 Å². The Balaban J connectivity index is 2.93. The second-order valence-electron chi connectivity index (χ2n) is 2.05. The van der Waals surface area contributed by atoms with Gasteiger partial charge in [0.2, 0.25) is 0 Å². The molecule has 1 N–H and O–H groups in total. The molecule has 3 nitrogen and oxygen atoms in total. The van der Waals surface area contributed by atoms with Gasteiger partial charge in [-0.1, -0.05) is 0 Å². The van der Waals surface area contributed by atoms with E-state index in [9.17, 15) is 4.79 Å². The average Bonchev–Trinajstić information content (AvgIpc) is 2.34. The predicted molar refractivity (Wildman–Crippen MR) is 36.8 cm³/mol. The maximum absolute atomic E-state index is 10.9. The van der Waals surface area contributed by atoms with Gasteiger partial charge in [0, 0.05) is 7.05 Å². The van der Waals surface area contributed by atoms with Crippen LogP contribution in [0, 0.1) is 6.92 Å². The molecule has 1 aromatic heterocycles. The van der Waals surface area contributed by atoms with Gasteiger partial charge in [-0.15, -0.1) is 0 Å². The molecule has 0 unspecified atom stereocenters. The molecule has 54 valence electrons. The minimum absolute atomic E-state index is 0.105. The topological polar surface area (TPSA) is 42.2 Å². The molecule has 0 aliphatic heterocycles. The molecular formula is C7H9NO2. The van der Waals surface area contributed by atoms with Gasteiger partial charge in [0.25, 0.3) is 5.91 Å². The summed E-state index contributed by atoms with van der Waals surface area (Å²) in [5.41, 5.74) is 1.46. The molecule has 1 heterocycles. The Kier molecular flexibility index (Phi) is 1.76. The summed E-state index contributed by atoms with van der Waals surface area (Å²) in [5.74, 6) is -0.105. The van der Waals surface area contributed by atoms with E-state index in [2.05, 4.69) is 5.32 Å². The van der Waals surface area contributed by atoms with Crippen LogP contribution in [0.15, 0.2) is 16.9 Å². The van der Waals surface area contributed by atoms with E-state index in [-0.39, 0.29) is 5.91 Å². The summed E-state index contributed by atoms with van der Waals surface area (Å²) in [6, 6.07) is 0. The summed E-state index contributed by atoms with van der Waals surface area (Å²) in [5, 5.41) is 2.51. The lowest BCUT2D eigenvalue weighted by atomic mass is 10.2. The van der Waals surface area contributed by atoms with Crippen LogP contribution in [-0.2, 0) is 0 Å². The van der Waals surface area contributed by atoms with Crippen molar-refractivity contribution in [1.29, 1.82) is 0 Å². The molecule has 1 aromatic rings. The minimum atomic E-state index is -0.105. The highest BCUT2D eigenvalue weighted by molar-refractivity contribution is 5.94. The van der Waals surface area contributed by atoms with Crippen LogP contribution in [0.3, 0.4) is 0 Å². The standard InChI is InChI=1S/C7H9NO2/c1-5-3-10-4-6(5)7(9)8-2/h3-4H,1-2H3,(H,8,9). The van der Waals surface area contributed by atoms with Gasteiger partial charge in [-0.05, 0) is 12.5 Å². The molecule has 0 saturated carbocycles. The highest BCUT2D eigenvalue weighted by Gasteiger charge is 2.07. The van der Waals surface area contributed by atoms with Gasteiger partial charge in [0.1, 0.15) is 6.26 Å². The predicted octanol–water partition coefficient (Wildman–Crippen LogP) is 0.948. The summed E-state index contributed by atoms with van der Waals surface area (Å²) < 4.78 is 4.81. The molecule has 0 aromatic carbocycles. The fourth-order valence-electron chi connectivity index (χ4n) is 0.728. The molecule has 10 heavy (non-hydrogen) atoms. The van der Waals surface area contributed by atoms with Gasteiger partial charge in [-0.25, -0.2) is 0 Å². The quantitative estimate of drug-likeness (QED) is 0.629. The second kappa shape index (κ2) is 2.56. The smallest absolute Gasteiger partial charge is 0.254 e. The third-order valence-electron chi connectivity index (χ3n) is 1.33. The van der Waals surface area contributed by atoms with E-state index in [0.29, 0.717) is 5.56 Å². The molecule has 0 fully saturated rings. The van der Waals surface area contributed by atoms with Crippen molar-refractivity contribution in [2.24, 2.45) is 0 Å². The van der Waals surface area contributed by atoms with Crippen LogP contribution in [0.25, 0.3) is 0 Å². The summed E-state index contributed by atoms with van der Waals surface area (Å²) in [4.78, 5) is 10.9. The monoisotopic (exact) mass is 139 g/mol. The number of carbonyl (C=O) groups is 1. The molecule has 1 amide bonds. The van der Waals surface area contributed by atoms with Crippen LogP contribution in [-0.4, -0.2) is 13.0 Å². The first kappa shape index (κ1) is 6.86. The zero-order valence-electron chi connectivity index (χ0n) is 5.97. The maximum Gasteiger partial charge on any atom is 0.254 e. The van der Waals surface area contributed by atoms with Crippen LogP contribution >= 0.6 is 0 Å². The first-order valence-electron chi connectivity index (χ1n) is 3.00. The Hall–Kier alpha value is -1.25. The maximum atomic E-state index is 10.9. The Morgan fingerprint density at radius 2 is 2.30 bits per heavy atom. The van der Waals surface area contributed by atoms with E-state index >= 15 is 0 Å². The van der Waals surface area contributed by atoms with E-state index in [1.54, 1.807) is 13.3 Å². The minimum Gasteiger partial charge on any atom is -0.471 e. The molecule has 0 atom stereocenters. The van der Waals surface area contributed by atoms with E-state index in [1.165, 1.54) is 6.26 Å². The van der Waals surface area contributed by atoms with Crippen LogP contribution in [0.1, 0.15) is 15.9 Å². The summed E-state index contributed by atoms with van der Waals surface area (Å²) in [7, 11) is 1.59. The molecule has 3 heteroatoms. The van der Waals surface area contributed by atoms with Crippen LogP contribution < -0.4 is 5.32 Å². The van der Waals surface area contributed by atoms with Crippen LogP contribution in [0.4, 0.5) is 0 Å². The largest absolute Gasteiger partial charge is 0.471 e. The number of aryl methyl sites for hydroxylation is 1. The Morgan fingerprint density at radius 3 is 2.70 bits per heavy atom. The number of rotatable bonds is 1. The number of amides is 1. The highest BCUT2D eigenvalue weighted by Crippen LogP contribution is 2.07. The van der Waals surface area contributed by atoms with Gasteiger partial charge in [-0.3, -0.25) is 4.79 Å². The number of hydrogen-bond donors (Lipinski definition) is 1. The molecule has 0 spiro atoms. The number of hydrogen-bond acceptors (Lipinski definition) is 2. The summed E-state index contributed by atoms with van der Waals surface area (Å²) in [6.45, 7) is 1.83. The fourth-order valence-corrected chi connectivity index (χ4v) is 0.728. The molecule has 0 aliphatic rings. The number of nitrogens with one attached hydrogen (secondary N) is 1. The summed E-state index contributed by atoms with van der Waals surface area (Å²) >= 11 is 0. The number of furan rings is 1. The van der Waals surface area contributed by atoms with Crippen molar-refractivity contribution in [2.75, 3.05) is 7.05 Å². The van der Waals surface area contributed by atoms with Gasteiger partial charge in [-0.2, -0.15) is 0 Å². The first-order valence-corrected chi connectivity index (χ1v) is 3.00. The molecule has 0 aliphatic carbocycles. The Labute approximate surface area is 59.0 Å². The van der Waals surface area contributed by atoms with E-state index in [4.69, 9.17) is 4.42 Å². The fraction of sp³-hybridized carbons (Fsp3) is 0.286.